The van der Waals surface area contributed by atoms with Gasteiger partial charge in [0.15, 0.2) is 0 Å². The summed E-state index contributed by atoms with van der Waals surface area (Å²) in [7, 11) is 0. The highest BCUT2D eigenvalue weighted by Gasteiger charge is 2.17. The van der Waals surface area contributed by atoms with E-state index in [2.05, 4.69) is 38.8 Å². The van der Waals surface area contributed by atoms with Crippen molar-refractivity contribution < 1.29 is 0 Å². The molecule has 3 heterocycles. The lowest BCUT2D eigenvalue weighted by Crippen LogP contribution is -2.26. The second kappa shape index (κ2) is 6.71. The molecule has 0 bridgehead atoms. The average Bonchev–Trinajstić information content (AvgIpc) is 2.55. The van der Waals surface area contributed by atoms with Gasteiger partial charge in [-0.3, -0.25) is 0 Å². The summed E-state index contributed by atoms with van der Waals surface area (Å²) in [5, 5.41) is 15.7. The van der Waals surface area contributed by atoms with Crippen molar-refractivity contribution in [2.75, 3.05) is 18.4 Å². The van der Waals surface area contributed by atoms with Crippen molar-refractivity contribution in [1.29, 1.82) is 5.26 Å². The zero-order chi connectivity index (χ0) is 15.4. The number of rotatable bonds is 2. The molecule has 2 N–H and O–H groups in total. The van der Waals surface area contributed by atoms with E-state index in [1.165, 1.54) is 18.4 Å². The highest BCUT2D eigenvalue weighted by molar-refractivity contribution is 5.96. The van der Waals surface area contributed by atoms with Crippen molar-refractivity contribution in [3.05, 3.63) is 35.7 Å². The zero-order valence-electron chi connectivity index (χ0n) is 12.8. The van der Waals surface area contributed by atoms with Gasteiger partial charge >= 0.3 is 0 Å². The Bertz CT molecular complexity index is 635. The standard InChI is InChI=1S/C17H21N5/c1-12-8-15(14-3-5-19-6-4-14)10-17(21-12)22-16-9-13(11-18)2-7-20-16/h2,7-8,10,13-14,19H,3-6,9H2,1H3,(H,20,21,22). The maximum Gasteiger partial charge on any atom is 0.131 e. The molecule has 0 aliphatic carbocycles. The van der Waals surface area contributed by atoms with Gasteiger partial charge in [0.25, 0.3) is 0 Å². The number of anilines is 1. The van der Waals surface area contributed by atoms with Crippen molar-refractivity contribution in [2.45, 2.75) is 32.1 Å². The number of allylic oxidation sites excluding steroid dienone is 1. The normalized spacial score (nSPS) is 22.0. The van der Waals surface area contributed by atoms with E-state index in [-0.39, 0.29) is 5.92 Å². The fourth-order valence-electron chi connectivity index (χ4n) is 3.04. The number of aryl methyl sites for hydroxylation is 1. The van der Waals surface area contributed by atoms with Crippen molar-refractivity contribution in [1.82, 2.24) is 10.3 Å². The van der Waals surface area contributed by atoms with E-state index in [1.807, 2.05) is 13.0 Å². The molecule has 2 aliphatic heterocycles. The first-order valence-electron chi connectivity index (χ1n) is 7.84. The van der Waals surface area contributed by atoms with E-state index in [1.54, 1.807) is 6.20 Å². The number of hydrogen-bond acceptors (Lipinski definition) is 5. The third-order valence-corrected chi connectivity index (χ3v) is 4.19. The molecule has 22 heavy (non-hydrogen) atoms. The highest BCUT2D eigenvalue weighted by Crippen LogP contribution is 2.27. The predicted molar refractivity (Wildman–Crippen MR) is 87.7 cm³/mol. The second-order valence-corrected chi connectivity index (χ2v) is 5.93. The van der Waals surface area contributed by atoms with Gasteiger partial charge in [-0.05, 0) is 62.5 Å². The number of amidine groups is 1. The molecule has 5 nitrogen and oxygen atoms in total. The maximum absolute atomic E-state index is 9.03. The van der Waals surface area contributed by atoms with Crippen LogP contribution in [-0.4, -0.2) is 23.9 Å². The molecule has 0 aromatic carbocycles. The number of nitrogens with one attached hydrogen (secondary N) is 2. The lowest BCUT2D eigenvalue weighted by atomic mass is 9.90. The number of hydrogen-bond donors (Lipinski definition) is 2. The molecule has 1 aromatic heterocycles. The van der Waals surface area contributed by atoms with E-state index < -0.39 is 0 Å². The number of piperidine rings is 1. The Morgan fingerprint density at radius 3 is 2.91 bits per heavy atom. The van der Waals surface area contributed by atoms with Crippen molar-refractivity contribution in [3.63, 3.8) is 0 Å². The SMILES string of the molecule is Cc1cc(C2CCNCC2)cc(NC2=NC=CC(C#N)C2)n1. The van der Waals surface area contributed by atoms with Gasteiger partial charge in [-0.1, -0.05) is 0 Å². The molecule has 0 spiro atoms. The van der Waals surface area contributed by atoms with E-state index in [0.717, 1.165) is 30.4 Å². The van der Waals surface area contributed by atoms with Gasteiger partial charge < -0.3 is 10.6 Å². The lowest BCUT2D eigenvalue weighted by molar-refractivity contribution is 0.460. The van der Waals surface area contributed by atoms with Crippen LogP contribution in [0.4, 0.5) is 5.82 Å². The molecule has 0 radical (unpaired) electrons. The van der Waals surface area contributed by atoms with Crippen LogP contribution < -0.4 is 10.6 Å². The molecule has 1 unspecified atom stereocenters. The number of nitrogens with zero attached hydrogens (tertiary/aromatic N) is 3. The molecule has 1 saturated heterocycles. The highest BCUT2D eigenvalue weighted by atomic mass is 15.1. The molecule has 3 rings (SSSR count). The number of aromatic nitrogens is 1. The Morgan fingerprint density at radius 2 is 2.14 bits per heavy atom. The smallest absolute Gasteiger partial charge is 0.131 e. The van der Waals surface area contributed by atoms with Crippen LogP contribution in [0.2, 0.25) is 0 Å². The Balaban J connectivity index is 1.76. The molecular formula is C17H21N5. The van der Waals surface area contributed by atoms with Gasteiger partial charge in [-0.25, -0.2) is 9.98 Å². The fraction of sp³-hybridized carbons (Fsp3) is 0.471. The summed E-state index contributed by atoms with van der Waals surface area (Å²) in [6.07, 6.45) is 6.48. The van der Waals surface area contributed by atoms with Gasteiger partial charge in [-0.2, -0.15) is 5.26 Å². The van der Waals surface area contributed by atoms with Crippen LogP contribution in [0.1, 0.15) is 36.4 Å². The van der Waals surface area contributed by atoms with Crippen molar-refractivity contribution in [3.8, 4) is 6.07 Å². The monoisotopic (exact) mass is 295 g/mol. The quantitative estimate of drug-likeness (QED) is 0.880. The first-order chi connectivity index (χ1) is 10.7. The number of nitriles is 1. The minimum atomic E-state index is -0.103. The van der Waals surface area contributed by atoms with Crippen LogP contribution in [-0.2, 0) is 0 Å². The summed E-state index contributed by atoms with van der Waals surface area (Å²) in [5.41, 5.74) is 2.36. The number of pyridine rings is 1. The summed E-state index contributed by atoms with van der Waals surface area (Å²) >= 11 is 0. The fourth-order valence-corrected chi connectivity index (χ4v) is 3.04. The van der Waals surface area contributed by atoms with Crippen LogP contribution >= 0.6 is 0 Å². The van der Waals surface area contributed by atoms with Crippen molar-refractivity contribution >= 4 is 11.7 Å². The largest absolute Gasteiger partial charge is 0.328 e. The third-order valence-electron chi connectivity index (χ3n) is 4.19. The first kappa shape index (κ1) is 14.7. The van der Waals surface area contributed by atoms with E-state index >= 15 is 0 Å². The van der Waals surface area contributed by atoms with Crippen molar-refractivity contribution in [2.24, 2.45) is 10.9 Å². The predicted octanol–water partition coefficient (Wildman–Crippen LogP) is 2.72. The second-order valence-electron chi connectivity index (χ2n) is 5.93. The van der Waals surface area contributed by atoms with Crippen LogP contribution in [0.3, 0.4) is 0 Å². The van der Waals surface area contributed by atoms with Gasteiger partial charge in [-0.15, -0.1) is 0 Å². The van der Waals surface area contributed by atoms with Gasteiger partial charge in [0, 0.05) is 18.3 Å². The summed E-state index contributed by atoms with van der Waals surface area (Å²) < 4.78 is 0. The molecule has 114 valence electrons. The van der Waals surface area contributed by atoms with E-state index in [9.17, 15) is 0 Å². The topological polar surface area (TPSA) is 73.1 Å². The van der Waals surface area contributed by atoms with Crippen LogP contribution in [0.25, 0.3) is 0 Å². The van der Waals surface area contributed by atoms with Gasteiger partial charge in [0.05, 0.1) is 12.0 Å². The zero-order valence-corrected chi connectivity index (χ0v) is 12.8. The average molecular weight is 295 g/mol. The van der Waals surface area contributed by atoms with Crippen LogP contribution in [0, 0.1) is 24.2 Å². The molecule has 1 aromatic rings. The molecule has 0 saturated carbocycles. The molecule has 1 fully saturated rings. The molecular weight excluding hydrogens is 274 g/mol. The Hall–Kier alpha value is -2.19. The summed E-state index contributed by atoms with van der Waals surface area (Å²) in [4.78, 5) is 8.88. The Kier molecular flexibility index (Phi) is 4.50. The maximum atomic E-state index is 9.03. The minimum Gasteiger partial charge on any atom is -0.328 e. The Morgan fingerprint density at radius 1 is 1.32 bits per heavy atom. The number of aliphatic imine (C=N–C) groups is 1. The summed E-state index contributed by atoms with van der Waals surface area (Å²) in [6.45, 7) is 4.18. The summed E-state index contributed by atoms with van der Waals surface area (Å²) in [6, 6.07) is 6.57. The molecule has 0 amide bonds. The summed E-state index contributed by atoms with van der Waals surface area (Å²) in [5.74, 6) is 2.14. The van der Waals surface area contributed by atoms with Crippen LogP contribution in [0.15, 0.2) is 29.4 Å². The van der Waals surface area contributed by atoms with E-state index in [0.29, 0.717) is 12.3 Å². The third kappa shape index (κ3) is 3.52. The van der Waals surface area contributed by atoms with Crippen LogP contribution in [0.5, 0.6) is 0 Å². The lowest BCUT2D eigenvalue weighted by Gasteiger charge is -2.24. The minimum absolute atomic E-state index is 0.103. The van der Waals surface area contributed by atoms with E-state index in [4.69, 9.17) is 5.26 Å². The molecule has 1 atom stereocenters. The molecule has 5 heteroatoms. The van der Waals surface area contributed by atoms with Gasteiger partial charge in [0.2, 0.25) is 0 Å². The van der Waals surface area contributed by atoms with Gasteiger partial charge in [0.1, 0.15) is 11.7 Å². The Labute approximate surface area is 131 Å². The first-order valence-corrected chi connectivity index (χ1v) is 7.84. The molecule has 2 aliphatic rings.